The third-order valence-electron chi connectivity index (χ3n) is 7.15. The van der Waals surface area contributed by atoms with Crippen molar-refractivity contribution in [3.63, 3.8) is 0 Å². The second kappa shape index (κ2) is 18.0. The van der Waals surface area contributed by atoms with Crippen molar-refractivity contribution in [2.45, 2.75) is 40.6 Å². The second-order valence-electron chi connectivity index (χ2n) is 11.1. The lowest BCUT2D eigenvalue weighted by Crippen LogP contribution is -2.25. The van der Waals surface area contributed by atoms with Crippen molar-refractivity contribution in [2.24, 2.45) is 32.5 Å². The molecular formula is C36H39N9O6. The summed E-state index contributed by atoms with van der Waals surface area (Å²) < 4.78 is 18.3. The minimum atomic E-state index is -0.740. The summed E-state index contributed by atoms with van der Waals surface area (Å²) in [6.45, 7) is 6.08. The lowest BCUT2D eigenvalue weighted by Gasteiger charge is -2.14. The largest absolute Gasteiger partial charge is 0.489 e. The Hall–Kier alpha value is -6.90. The Balaban J connectivity index is 1.47. The maximum absolute atomic E-state index is 11.0. The number of nitrogens with two attached hydrogens (primary N) is 3. The molecule has 0 fully saturated rings. The van der Waals surface area contributed by atoms with Gasteiger partial charge in [-0.3, -0.25) is 0 Å². The molecule has 0 bridgehead atoms. The minimum Gasteiger partial charge on any atom is -0.489 e. The van der Waals surface area contributed by atoms with E-state index in [1.807, 2.05) is 91.0 Å². The van der Waals surface area contributed by atoms with Crippen LogP contribution in [0.2, 0.25) is 0 Å². The summed E-state index contributed by atoms with van der Waals surface area (Å²) in [5, 5.41) is 11.8. The summed E-state index contributed by atoms with van der Waals surface area (Å²) in [7, 11) is 0. The highest BCUT2D eigenvalue weighted by Gasteiger charge is 2.08. The summed E-state index contributed by atoms with van der Waals surface area (Å²) in [5.41, 5.74) is 28.8. The lowest BCUT2D eigenvalue weighted by molar-refractivity contribution is 0.248. The number of nitrogens with zero attached hydrogens (tertiary/aromatic N) is 3. The normalized spacial score (nSPS) is 11.7. The number of urea groups is 3. The average molecular weight is 694 g/mol. The highest BCUT2D eigenvalue weighted by molar-refractivity contribution is 6.00. The second-order valence-corrected chi connectivity index (χ2v) is 11.1. The van der Waals surface area contributed by atoms with Gasteiger partial charge in [-0.1, -0.05) is 0 Å². The molecule has 0 aromatic heterocycles. The van der Waals surface area contributed by atoms with Crippen LogP contribution in [0.4, 0.5) is 14.4 Å². The first-order chi connectivity index (χ1) is 24.4. The number of carbonyl (C=O) groups is 3. The Morgan fingerprint density at radius 2 is 0.706 bits per heavy atom. The Kier molecular flexibility index (Phi) is 13.1. The Morgan fingerprint density at radius 1 is 0.471 bits per heavy atom. The molecule has 0 aliphatic carbocycles. The number of ether oxygens (including phenoxy) is 3. The van der Waals surface area contributed by atoms with Gasteiger partial charge in [0.15, 0.2) is 0 Å². The number of hydrazone groups is 3. The molecule has 264 valence electrons. The van der Waals surface area contributed by atoms with Crippen LogP contribution in [0.3, 0.4) is 0 Å². The van der Waals surface area contributed by atoms with Crippen molar-refractivity contribution in [1.29, 1.82) is 0 Å². The number of hydrogen-bond acceptors (Lipinski definition) is 9. The zero-order valence-electron chi connectivity index (χ0n) is 28.3. The predicted octanol–water partition coefficient (Wildman–Crippen LogP) is 4.60. The van der Waals surface area contributed by atoms with Crippen LogP contribution in [-0.2, 0) is 19.8 Å². The van der Waals surface area contributed by atoms with Crippen LogP contribution in [0.1, 0.15) is 54.2 Å². The first-order valence-corrected chi connectivity index (χ1v) is 15.6. The fraction of sp³-hybridized carbons (Fsp3) is 0.167. The molecule has 6 amide bonds. The van der Waals surface area contributed by atoms with Gasteiger partial charge in [0.2, 0.25) is 0 Å². The molecule has 4 aromatic rings. The molecule has 0 spiro atoms. The van der Waals surface area contributed by atoms with E-state index in [9.17, 15) is 14.4 Å². The topological polar surface area (TPSA) is 230 Å². The fourth-order valence-corrected chi connectivity index (χ4v) is 4.58. The predicted molar refractivity (Wildman–Crippen MR) is 194 cm³/mol. The van der Waals surface area contributed by atoms with Crippen LogP contribution in [0.15, 0.2) is 106 Å². The van der Waals surface area contributed by atoms with Crippen LogP contribution >= 0.6 is 0 Å². The van der Waals surface area contributed by atoms with E-state index in [1.54, 1.807) is 20.8 Å². The van der Waals surface area contributed by atoms with E-state index in [2.05, 4.69) is 31.6 Å². The zero-order chi connectivity index (χ0) is 36.8. The Bertz CT molecular complexity index is 1690. The highest BCUT2D eigenvalue weighted by Crippen LogP contribution is 2.21. The van der Waals surface area contributed by atoms with Crippen molar-refractivity contribution in [3.05, 3.63) is 124 Å². The molecule has 0 atom stereocenters. The first-order valence-electron chi connectivity index (χ1n) is 15.6. The molecule has 9 N–H and O–H groups in total. The quantitative estimate of drug-likeness (QED) is 0.0769. The van der Waals surface area contributed by atoms with E-state index in [-0.39, 0.29) is 19.8 Å². The van der Waals surface area contributed by atoms with E-state index >= 15 is 0 Å². The van der Waals surface area contributed by atoms with Crippen molar-refractivity contribution in [3.8, 4) is 17.2 Å². The van der Waals surface area contributed by atoms with Crippen molar-refractivity contribution < 1.29 is 28.6 Å². The van der Waals surface area contributed by atoms with E-state index in [0.29, 0.717) is 34.4 Å². The molecule has 15 nitrogen and oxygen atoms in total. The summed E-state index contributed by atoms with van der Waals surface area (Å²) >= 11 is 0. The van der Waals surface area contributed by atoms with E-state index in [1.165, 1.54) is 0 Å². The summed E-state index contributed by atoms with van der Waals surface area (Å²) in [6, 6.07) is 25.7. The number of carbonyl (C=O) groups excluding carboxylic acids is 3. The highest BCUT2D eigenvalue weighted by atomic mass is 16.5. The van der Waals surface area contributed by atoms with Gasteiger partial charge in [-0.25, -0.2) is 30.7 Å². The molecule has 0 unspecified atom stereocenters. The van der Waals surface area contributed by atoms with Crippen molar-refractivity contribution >= 4 is 35.2 Å². The van der Waals surface area contributed by atoms with E-state index in [0.717, 1.165) is 33.4 Å². The van der Waals surface area contributed by atoms with Crippen LogP contribution < -0.4 is 47.7 Å². The molecule has 4 aromatic carbocycles. The van der Waals surface area contributed by atoms with E-state index < -0.39 is 18.1 Å². The molecule has 0 aliphatic heterocycles. The van der Waals surface area contributed by atoms with Gasteiger partial charge >= 0.3 is 18.1 Å². The maximum atomic E-state index is 11.0. The van der Waals surface area contributed by atoms with Crippen LogP contribution in [0, 0.1) is 0 Å². The number of benzene rings is 4. The van der Waals surface area contributed by atoms with Crippen molar-refractivity contribution in [1.82, 2.24) is 16.3 Å². The van der Waals surface area contributed by atoms with Gasteiger partial charge in [0.05, 0.1) is 17.1 Å². The molecule has 0 heterocycles. The van der Waals surface area contributed by atoms with Gasteiger partial charge < -0.3 is 31.4 Å². The average Bonchev–Trinajstić information content (AvgIpc) is 3.13. The molecule has 51 heavy (non-hydrogen) atoms. The number of hydrogen-bond donors (Lipinski definition) is 6. The van der Waals surface area contributed by atoms with Crippen molar-refractivity contribution in [2.75, 3.05) is 0 Å². The molecule has 0 saturated heterocycles. The number of nitrogens with one attached hydrogen (secondary N) is 3. The number of amides is 6. The molecule has 0 saturated carbocycles. The third kappa shape index (κ3) is 12.2. The molecule has 0 radical (unpaired) electrons. The van der Waals surface area contributed by atoms with Crippen LogP contribution in [0.5, 0.6) is 17.2 Å². The summed E-state index contributed by atoms with van der Waals surface area (Å²) in [4.78, 5) is 32.9. The third-order valence-corrected chi connectivity index (χ3v) is 7.15. The monoisotopic (exact) mass is 693 g/mol. The van der Waals surface area contributed by atoms with Gasteiger partial charge in [-0.2, -0.15) is 15.3 Å². The zero-order valence-corrected chi connectivity index (χ0v) is 28.3. The standard InChI is InChI=1S/C36H39N9O6/c1-22(40-43-34(37)46)28-4-10-31(11-5-28)49-19-25-16-26(20-50-32-12-6-29(7-13-32)23(2)41-44-35(38)47)18-27(17-25)21-51-33-14-8-30(9-15-33)24(3)42-45-36(39)48/h4-18H,19-21H2,1-3H3,(H3,37,43,46)(H3,38,44,47)(H3,39,45,48)/b40-22-,41-23+,42-24+. The summed E-state index contributed by atoms with van der Waals surface area (Å²) in [5.74, 6) is 1.93. The molecule has 4 rings (SSSR count). The van der Waals surface area contributed by atoms with Gasteiger partial charge in [0, 0.05) is 0 Å². The Labute approximate surface area is 294 Å². The lowest BCUT2D eigenvalue weighted by atomic mass is 10.1. The minimum absolute atomic E-state index is 0.274. The van der Waals surface area contributed by atoms with Gasteiger partial charge in [0.1, 0.15) is 37.1 Å². The number of primary amides is 3. The molecule has 15 heteroatoms. The molecule has 0 aliphatic rings. The van der Waals surface area contributed by atoms with Gasteiger partial charge in [0.25, 0.3) is 0 Å². The van der Waals surface area contributed by atoms with Gasteiger partial charge in [-0.05, 0) is 145 Å². The fourth-order valence-electron chi connectivity index (χ4n) is 4.58. The van der Waals surface area contributed by atoms with Crippen LogP contribution in [-0.4, -0.2) is 35.2 Å². The maximum Gasteiger partial charge on any atom is 0.332 e. The van der Waals surface area contributed by atoms with E-state index in [4.69, 9.17) is 31.4 Å². The SMILES string of the molecule is C/C(=N/NC(N)=O)c1ccc(OCc2cc(COc3ccc(/C(C)=N/NC(N)=O)cc3)cc(COc3ccc(/C(C)=N/NC(N)=O)cc3)c2)cc1. The Morgan fingerprint density at radius 3 is 0.922 bits per heavy atom. The van der Waals surface area contributed by atoms with Gasteiger partial charge in [-0.15, -0.1) is 0 Å². The number of rotatable bonds is 15. The summed E-state index contributed by atoms with van der Waals surface area (Å²) in [6.07, 6.45) is 0. The van der Waals surface area contributed by atoms with Crippen LogP contribution in [0.25, 0.3) is 0 Å². The first kappa shape index (κ1) is 36.9. The molecular weight excluding hydrogens is 654 g/mol. The smallest absolute Gasteiger partial charge is 0.332 e.